The third-order valence-corrected chi connectivity index (χ3v) is 4.80. The van der Waals surface area contributed by atoms with Gasteiger partial charge in [-0.15, -0.1) is 0 Å². The number of hydrogen-bond donors (Lipinski definition) is 0. The maximum absolute atomic E-state index is 13.1. The van der Waals surface area contributed by atoms with Crippen molar-refractivity contribution in [3.8, 4) is 0 Å². The Labute approximate surface area is 128 Å². The van der Waals surface area contributed by atoms with E-state index in [1.807, 2.05) is 0 Å². The summed E-state index contributed by atoms with van der Waals surface area (Å²) < 4.78 is 0. The van der Waals surface area contributed by atoms with Crippen molar-refractivity contribution in [2.24, 2.45) is 5.92 Å². The third kappa shape index (κ3) is 9.00. The van der Waals surface area contributed by atoms with Crippen molar-refractivity contribution in [1.29, 1.82) is 0 Å². The molecule has 0 aliphatic carbocycles. The minimum Gasteiger partial charge on any atom is -0.229 e. The average Bonchev–Trinajstić information content (AvgIpc) is 2.46. The highest BCUT2D eigenvalue weighted by Crippen LogP contribution is 2.33. The maximum atomic E-state index is 13.1. The van der Waals surface area contributed by atoms with Gasteiger partial charge >= 0.3 is 0 Å². The molecule has 1 unspecified atom stereocenters. The van der Waals surface area contributed by atoms with Gasteiger partial charge in [-0.05, 0) is 25.2 Å². The fraction of sp³-hybridized carbons (Fsp3) is 1.00. The molecule has 0 rings (SSSR count). The van der Waals surface area contributed by atoms with Crippen LogP contribution in [0, 0.1) is 5.92 Å². The van der Waals surface area contributed by atoms with E-state index in [0.29, 0.717) is 5.92 Å². The lowest BCUT2D eigenvalue weighted by Crippen LogP contribution is -2.35. The predicted molar refractivity (Wildman–Crippen MR) is 89.6 cm³/mol. The molecule has 20 heavy (non-hydrogen) atoms. The van der Waals surface area contributed by atoms with E-state index in [0.717, 1.165) is 44.9 Å². The SMILES string of the molecule is CCCCCCCCC(C)C([O])(CCCC)CCCC. The van der Waals surface area contributed by atoms with Gasteiger partial charge in [0.25, 0.3) is 0 Å². The summed E-state index contributed by atoms with van der Waals surface area (Å²) in [6, 6.07) is 0. The Balaban J connectivity index is 4.02. The molecule has 0 aromatic heterocycles. The second-order valence-corrected chi connectivity index (χ2v) is 6.73. The van der Waals surface area contributed by atoms with Gasteiger partial charge in [-0.2, -0.15) is 0 Å². The molecule has 0 aromatic carbocycles. The maximum Gasteiger partial charge on any atom is 0.106 e. The van der Waals surface area contributed by atoms with E-state index >= 15 is 0 Å². The first-order valence-electron chi connectivity index (χ1n) is 9.31. The first-order valence-corrected chi connectivity index (χ1v) is 9.31. The smallest absolute Gasteiger partial charge is 0.106 e. The third-order valence-electron chi connectivity index (χ3n) is 4.80. The molecule has 0 aliphatic rings. The fourth-order valence-electron chi connectivity index (χ4n) is 3.06. The molecule has 1 atom stereocenters. The summed E-state index contributed by atoms with van der Waals surface area (Å²) in [7, 11) is 0. The average molecular weight is 284 g/mol. The van der Waals surface area contributed by atoms with Gasteiger partial charge in [-0.1, -0.05) is 91.9 Å². The van der Waals surface area contributed by atoms with Crippen LogP contribution in [0.5, 0.6) is 0 Å². The highest BCUT2D eigenvalue weighted by atomic mass is 16.3. The standard InChI is InChI=1S/C19H39O/c1-5-8-11-12-13-14-15-18(4)19(20,16-9-6-2)17-10-7-3/h18H,5-17H2,1-4H3. The molecule has 0 N–H and O–H groups in total. The van der Waals surface area contributed by atoms with Gasteiger partial charge < -0.3 is 0 Å². The van der Waals surface area contributed by atoms with E-state index in [4.69, 9.17) is 0 Å². The van der Waals surface area contributed by atoms with E-state index < -0.39 is 5.60 Å². The van der Waals surface area contributed by atoms with Crippen LogP contribution in [-0.2, 0) is 5.11 Å². The lowest BCUT2D eigenvalue weighted by molar-refractivity contribution is -0.0910. The van der Waals surface area contributed by atoms with E-state index in [1.165, 1.54) is 38.5 Å². The quantitative estimate of drug-likeness (QED) is 0.308. The molecule has 0 heterocycles. The molecule has 0 fully saturated rings. The van der Waals surface area contributed by atoms with Crippen molar-refractivity contribution in [2.45, 2.75) is 117 Å². The van der Waals surface area contributed by atoms with Crippen molar-refractivity contribution in [3.63, 3.8) is 0 Å². The summed E-state index contributed by atoms with van der Waals surface area (Å²) in [4.78, 5) is 0. The minimum atomic E-state index is -0.643. The molecule has 0 bridgehead atoms. The summed E-state index contributed by atoms with van der Waals surface area (Å²) >= 11 is 0. The second-order valence-electron chi connectivity index (χ2n) is 6.73. The van der Waals surface area contributed by atoms with Gasteiger partial charge in [0.15, 0.2) is 0 Å². The van der Waals surface area contributed by atoms with Gasteiger partial charge in [0.2, 0.25) is 0 Å². The van der Waals surface area contributed by atoms with E-state index in [9.17, 15) is 5.11 Å². The zero-order chi connectivity index (χ0) is 15.3. The molecule has 0 saturated heterocycles. The van der Waals surface area contributed by atoms with Crippen LogP contribution in [0.15, 0.2) is 0 Å². The molecular formula is C19H39O. The molecule has 0 aromatic rings. The van der Waals surface area contributed by atoms with Crippen LogP contribution in [0.2, 0.25) is 0 Å². The monoisotopic (exact) mass is 283 g/mol. The Kier molecular flexibility index (Phi) is 12.7. The van der Waals surface area contributed by atoms with Crippen LogP contribution in [0.3, 0.4) is 0 Å². The van der Waals surface area contributed by atoms with Crippen molar-refractivity contribution < 1.29 is 5.11 Å². The van der Waals surface area contributed by atoms with Crippen molar-refractivity contribution in [3.05, 3.63) is 0 Å². The van der Waals surface area contributed by atoms with Crippen LogP contribution < -0.4 is 0 Å². The predicted octanol–water partition coefficient (Wildman–Crippen LogP) is 6.92. The highest BCUT2D eigenvalue weighted by Gasteiger charge is 2.33. The van der Waals surface area contributed by atoms with Crippen molar-refractivity contribution in [2.75, 3.05) is 0 Å². The van der Waals surface area contributed by atoms with E-state index in [2.05, 4.69) is 27.7 Å². The Morgan fingerprint density at radius 1 is 0.700 bits per heavy atom. The highest BCUT2D eigenvalue weighted by molar-refractivity contribution is 4.83. The summed E-state index contributed by atoms with van der Waals surface area (Å²) in [5.74, 6) is 0.353. The molecule has 1 nitrogen and oxygen atoms in total. The Bertz CT molecular complexity index is 192. The van der Waals surface area contributed by atoms with Crippen LogP contribution in [-0.4, -0.2) is 5.60 Å². The number of hydrogen-bond acceptors (Lipinski definition) is 0. The zero-order valence-electron chi connectivity index (χ0n) is 14.7. The van der Waals surface area contributed by atoms with Crippen LogP contribution in [0.4, 0.5) is 0 Å². The Morgan fingerprint density at radius 3 is 1.65 bits per heavy atom. The molecule has 1 heteroatoms. The Hall–Kier alpha value is -0.0400. The second kappa shape index (κ2) is 12.7. The Morgan fingerprint density at radius 2 is 1.15 bits per heavy atom. The summed E-state index contributed by atoms with van der Waals surface area (Å²) in [6.45, 7) is 8.86. The largest absolute Gasteiger partial charge is 0.229 e. The van der Waals surface area contributed by atoms with E-state index in [-0.39, 0.29) is 0 Å². The normalized spacial score (nSPS) is 13.7. The summed E-state index contributed by atoms with van der Waals surface area (Å²) in [5.41, 5.74) is -0.643. The van der Waals surface area contributed by atoms with Gasteiger partial charge in [-0.25, -0.2) is 5.11 Å². The first-order chi connectivity index (χ1) is 9.60. The topological polar surface area (TPSA) is 19.9 Å². The first kappa shape index (κ1) is 20.0. The summed E-state index contributed by atoms with van der Waals surface area (Å²) in [5, 5.41) is 13.1. The van der Waals surface area contributed by atoms with Crippen molar-refractivity contribution in [1.82, 2.24) is 0 Å². The molecule has 0 amide bonds. The molecule has 121 valence electrons. The van der Waals surface area contributed by atoms with Gasteiger partial charge in [0.1, 0.15) is 5.60 Å². The van der Waals surface area contributed by atoms with Crippen LogP contribution >= 0.6 is 0 Å². The molecule has 0 aliphatic heterocycles. The van der Waals surface area contributed by atoms with Gasteiger partial charge in [0.05, 0.1) is 0 Å². The molecule has 1 radical (unpaired) electrons. The minimum absolute atomic E-state index is 0.353. The number of rotatable bonds is 14. The summed E-state index contributed by atoms with van der Waals surface area (Å²) in [6.07, 6.45) is 15.4. The molecule has 0 spiro atoms. The molecular weight excluding hydrogens is 244 g/mol. The van der Waals surface area contributed by atoms with Crippen LogP contribution in [0.1, 0.15) is 111 Å². The lowest BCUT2D eigenvalue weighted by Gasteiger charge is -2.32. The zero-order valence-corrected chi connectivity index (χ0v) is 14.7. The molecule has 0 saturated carbocycles. The van der Waals surface area contributed by atoms with Gasteiger partial charge in [0, 0.05) is 0 Å². The van der Waals surface area contributed by atoms with Crippen LogP contribution in [0.25, 0.3) is 0 Å². The van der Waals surface area contributed by atoms with Crippen molar-refractivity contribution >= 4 is 0 Å². The number of unbranched alkanes of at least 4 members (excludes halogenated alkanes) is 7. The van der Waals surface area contributed by atoms with Gasteiger partial charge in [-0.3, -0.25) is 0 Å². The van der Waals surface area contributed by atoms with E-state index in [1.54, 1.807) is 0 Å². The lowest BCUT2D eigenvalue weighted by atomic mass is 9.78. The fourth-order valence-corrected chi connectivity index (χ4v) is 3.06.